The fourth-order valence-corrected chi connectivity index (χ4v) is 2.79. The lowest BCUT2D eigenvalue weighted by atomic mass is 10.1. The molecular formula is C21H19ClFN3O2. The molecule has 0 saturated carbocycles. The molecule has 0 spiro atoms. The fourth-order valence-electron chi connectivity index (χ4n) is 2.61. The van der Waals surface area contributed by atoms with Crippen molar-refractivity contribution in [1.82, 2.24) is 4.98 Å². The number of amides is 1. The third-order valence-corrected chi connectivity index (χ3v) is 4.34. The summed E-state index contributed by atoms with van der Waals surface area (Å²) < 4.78 is 18.4. The first-order valence-electron chi connectivity index (χ1n) is 8.64. The number of nitrogens with zero attached hydrogens (tertiary/aromatic N) is 1. The molecule has 3 rings (SSSR count). The topological polar surface area (TPSA) is 63.2 Å². The molecule has 0 fully saturated rings. The lowest BCUT2D eigenvalue weighted by Crippen LogP contribution is -2.14. The molecule has 0 unspecified atom stereocenters. The maximum absolute atomic E-state index is 13.2. The molecule has 0 bridgehead atoms. The van der Waals surface area contributed by atoms with Crippen molar-refractivity contribution in [3.8, 4) is 5.75 Å². The molecule has 0 aliphatic heterocycles. The minimum absolute atomic E-state index is 0.0567. The summed E-state index contributed by atoms with van der Waals surface area (Å²) in [6.07, 6.45) is 2.36. The van der Waals surface area contributed by atoms with Crippen LogP contribution in [0.2, 0.25) is 5.02 Å². The van der Waals surface area contributed by atoms with Crippen LogP contribution in [0, 0.1) is 5.82 Å². The number of halogens is 2. The minimum Gasteiger partial charge on any atom is -0.497 e. The Hall–Kier alpha value is -3.12. The van der Waals surface area contributed by atoms with Crippen LogP contribution in [0.4, 0.5) is 15.8 Å². The highest BCUT2D eigenvalue weighted by atomic mass is 35.5. The number of rotatable bonds is 7. The summed E-state index contributed by atoms with van der Waals surface area (Å²) in [5.74, 6) is -0.125. The second-order valence-corrected chi connectivity index (χ2v) is 6.45. The zero-order chi connectivity index (χ0) is 19.9. The van der Waals surface area contributed by atoms with Crippen molar-refractivity contribution in [1.29, 1.82) is 0 Å². The van der Waals surface area contributed by atoms with Crippen LogP contribution in [0.5, 0.6) is 5.75 Å². The van der Waals surface area contributed by atoms with Gasteiger partial charge in [-0.15, -0.1) is 0 Å². The third kappa shape index (κ3) is 5.20. The number of benzene rings is 2. The molecular weight excluding hydrogens is 381 g/mol. The molecule has 3 aromatic rings. The number of nitrogens with one attached hydrogen (secondary N) is 2. The highest BCUT2D eigenvalue weighted by molar-refractivity contribution is 6.31. The lowest BCUT2D eigenvalue weighted by molar-refractivity contribution is 0.102. The van der Waals surface area contributed by atoms with Gasteiger partial charge in [-0.25, -0.2) is 4.39 Å². The molecule has 1 aromatic heterocycles. The first-order valence-corrected chi connectivity index (χ1v) is 9.02. The van der Waals surface area contributed by atoms with Crippen LogP contribution < -0.4 is 15.4 Å². The molecule has 1 amide bonds. The molecule has 0 saturated heterocycles. The number of carbonyl (C=O) groups excluding carboxylic acids is 1. The zero-order valence-electron chi connectivity index (χ0n) is 15.2. The van der Waals surface area contributed by atoms with Crippen molar-refractivity contribution >= 4 is 28.9 Å². The standard InChI is InChI=1S/C21H19ClFN3O2/c1-28-17-4-2-3-14(11-17)7-9-24-15-8-10-25-20(13-15)21(27)26-16-5-6-19(23)18(22)12-16/h2-6,8,10-13H,7,9H2,1H3,(H,24,25)(H,26,27). The van der Waals surface area contributed by atoms with E-state index in [1.165, 1.54) is 18.2 Å². The van der Waals surface area contributed by atoms with Crippen molar-refractivity contribution in [2.45, 2.75) is 6.42 Å². The first kappa shape index (κ1) is 19.6. The van der Waals surface area contributed by atoms with Crippen molar-refractivity contribution in [3.63, 3.8) is 0 Å². The van der Waals surface area contributed by atoms with Gasteiger partial charge in [0.2, 0.25) is 0 Å². The van der Waals surface area contributed by atoms with Crippen LogP contribution in [-0.4, -0.2) is 24.5 Å². The smallest absolute Gasteiger partial charge is 0.274 e. The van der Waals surface area contributed by atoms with Crippen molar-refractivity contribution in [3.05, 3.63) is 82.9 Å². The van der Waals surface area contributed by atoms with Gasteiger partial charge in [-0.05, 0) is 54.4 Å². The highest BCUT2D eigenvalue weighted by Crippen LogP contribution is 2.20. The number of aromatic nitrogens is 1. The van der Waals surface area contributed by atoms with Crippen molar-refractivity contribution in [2.75, 3.05) is 24.3 Å². The number of hydrogen-bond acceptors (Lipinski definition) is 4. The van der Waals surface area contributed by atoms with Crippen LogP contribution in [0.1, 0.15) is 16.1 Å². The fraction of sp³-hybridized carbons (Fsp3) is 0.143. The van der Waals surface area contributed by atoms with E-state index in [-0.39, 0.29) is 10.7 Å². The molecule has 144 valence electrons. The van der Waals surface area contributed by atoms with Gasteiger partial charge in [0.25, 0.3) is 5.91 Å². The second-order valence-electron chi connectivity index (χ2n) is 6.04. The number of methoxy groups -OCH3 is 1. The molecule has 0 aliphatic carbocycles. The first-order chi connectivity index (χ1) is 13.5. The Balaban J connectivity index is 1.59. The van der Waals surface area contributed by atoms with Gasteiger partial charge in [-0.3, -0.25) is 9.78 Å². The minimum atomic E-state index is -0.542. The summed E-state index contributed by atoms with van der Waals surface area (Å²) in [6, 6.07) is 15.3. The molecule has 2 aromatic carbocycles. The molecule has 1 heterocycles. The van der Waals surface area contributed by atoms with Crippen LogP contribution >= 0.6 is 11.6 Å². The zero-order valence-corrected chi connectivity index (χ0v) is 16.0. The number of anilines is 2. The summed E-state index contributed by atoms with van der Waals surface area (Å²) in [6.45, 7) is 0.686. The summed E-state index contributed by atoms with van der Waals surface area (Å²) in [5, 5.41) is 5.87. The lowest BCUT2D eigenvalue weighted by Gasteiger charge is -2.09. The average molecular weight is 400 g/mol. The maximum atomic E-state index is 13.2. The van der Waals surface area contributed by atoms with E-state index >= 15 is 0 Å². The SMILES string of the molecule is COc1cccc(CCNc2ccnc(C(=O)Nc3ccc(F)c(Cl)c3)c2)c1. The van der Waals surface area contributed by atoms with E-state index in [2.05, 4.69) is 15.6 Å². The summed E-state index contributed by atoms with van der Waals surface area (Å²) in [5.41, 5.74) is 2.56. The van der Waals surface area contributed by atoms with E-state index in [4.69, 9.17) is 16.3 Å². The van der Waals surface area contributed by atoms with Crippen LogP contribution in [0.3, 0.4) is 0 Å². The number of ether oxygens (including phenoxy) is 1. The quantitative estimate of drug-likeness (QED) is 0.599. The van der Waals surface area contributed by atoms with Gasteiger partial charge in [-0.1, -0.05) is 23.7 Å². The van der Waals surface area contributed by atoms with Gasteiger partial charge >= 0.3 is 0 Å². The average Bonchev–Trinajstić information content (AvgIpc) is 2.71. The van der Waals surface area contributed by atoms with Gasteiger partial charge in [0.1, 0.15) is 17.3 Å². The van der Waals surface area contributed by atoms with Gasteiger partial charge < -0.3 is 15.4 Å². The second kappa shape index (κ2) is 9.19. The normalized spacial score (nSPS) is 10.4. The van der Waals surface area contributed by atoms with E-state index in [1.807, 2.05) is 24.3 Å². The number of hydrogen-bond donors (Lipinski definition) is 2. The predicted octanol–water partition coefficient (Wildman–Crippen LogP) is 4.79. The van der Waals surface area contributed by atoms with Crippen LogP contribution in [0.25, 0.3) is 0 Å². The molecule has 0 aliphatic rings. The summed E-state index contributed by atoms with van der Waals surface area (Å²) in [4.78, 5) is 16.5. The third-order valence-electron chi connectivity index (χ3n) is 4.05. The van der Waals surface area contributed by atoms with Crippen LogP contribution in [0.15, 0.2) is 60.8 Å². The molecule has 5 nitrogen and oxygen atoms in total. The summed E-state index contributed by atoms with van der Waals surface area (Å²) >= 11 is 5.74. The van der Waals surface area contributed by atoms with E-state index in [1.54, 1.807) is 25.4 Å². The highest BCUT2D eigenvalue weighted by Gasteiger charge is 2.10. The van der Waals surface area contributed by atoms with Crippen molar-refractivity contribution < 1.29 is 13.9 Å². The Labute approximate surface area is 167 Å². The van der Waals surface area contributed by atoms with Crippen LogP contribution in [-0.2, 0) is 6.42 Å². The monoisotopic (exact) mass is 399 g/mol. The number of carbonyl (C=O) groups is 1. The Bertz CT molecular complexity index is 981. The molecule has 2 N–H and O–H groups in total. The Morgan fingerprint density at radius 3 is 2.79 bits per heavy atom. The van der Waals surface area contributed by atoms with Gasteiger partial charge in [0.15, 0.2) is 0 Å². The van der Waals surface area contributed by atoms with Gasteiger partial charge in [0.05, 0.1) is 12.1 Å². The molecule has 0 radical (unpaired) electrons. The largest absolute Gasteiger partial charge is 0.497 e. The Morgan fingerprint density at radius 2 is 2.00 bits per heavy atom. The molecule has 0 atom stereocenters. The maximum Gasteiger partial charge on any atom is 0.274 e. The Kier molecular flexibility index (Phi) is 6.45. The van der Waals surface area contributed by atoms with E-state index in [9.17, 15) is 9.18 Å². The number of pyridine rings is 1. The predicted molar refractivity (Wildman–Crippen MR) is 109 cm³/mol. The molecule has 7 heteroatoms. The van der Waals surface area contributed by atoms with E-state index < -0.39 is 11.7 Å². The van der Waals surface area contributed by atoms with Gasteiger partial charge in [-0.2, -0.15) is 0 Å². The Morgan fingerprint density at radius 1 is 1.14 bits per heavy atom. The van der Waals surface area contributed by atoms with Gasteiger partial charge in [0, 0.05) is 24.1 Å². The van der Waals surface area contributed by atoms with E-state index in [0.717, 1.165) is 23.4 Å². The van der Waals surface area contributed by atoms with E-state index in [0.29, 0.717) is 12.2 Å². The van der Waals surface area contributed by atoms with Crippen molar-refractivity contribution in [2.24, 2.45) is 0 Å². The molecule has 28 heavy (non-hydrogen) atoms. The summed E-state index contributed by atoms with van der Waals surface area (Å²) in [7, 11) is 1.64.